The third-order valence-electron chi connectivity index (χ3n) is 9.16. The lowest BCUT2D eigenvalue weighted by Crippen LogP contribution is -2.41. The van der Waals surface area contributed by atoms with Gasteiger partial charge < -0.3 is 9.94 Å². The number of hydrogen-bond donors (Lipinski definition) is 2. The van der Waals surface area contributed by atoms with E-state index in [1.54, 1.807) is 0 Å². The Morgan fingerprint density at radius 1 is 0.743 bits per heavy atom. The SMILES string of the molecule is CC1CCC(/C=C/C=C/C2CCC(N=NC3CCCC(CONC4CCCCC4)C3O)CC2)CC1. The van der Waals surface area contributed by atoms with Crippen LogP contribution in [0.1, 0.15) is 110 Å². The van der Waals surface area contributed by atoms with Crippen molar-refractivity contribution in [2.75, 3.05) is 6.61 Å². The van der Waals surface area contributed by atoms with Gasteiger partial charge in [-0.15, -0.1) is 0 Å². The molecule has 0 heterocycles. The average Bonchev–Trinajstić information content (AvgIpc) is 2.89. The lowest BCUT2D eigenvalue weighted by atomic mass is 9.83. The summed E-state index contributed by atoms with van der Waals surface area (Å²) < 4.78 is 0. The number of rotatable bonds is 9. The van der Waals surface area contributed by atoms with Crippen LogP contribution in [0.25, 0.3) is 0 Å². The average molecular weight is 486 g/mol. The van der Waals surface area contributed by atoms with Crippen LogP contribution in [0, 0.1) is 23.7 Å². The number of allylic oxidation sites excluding steroid dienone is 4. The number of nitrogens with zero attached hydrogens (tertiary/aromatic N) is 2. The molecule has 5 heteroatoms. The summed E-state index contributed by atoms with van der Waals surface area (Å²) >= 11 is 0. The van der Waals surface area contributed by atoms with Crippen LogP contribution in [0.15, 0.2) is 34.5 Å². The van der Waals surface area contributed by atoms with Gasteiger partial charge in [-0.3, -0.25) is 0 Å². The van der Waals surface area contributed by atoms with Crippen molar-refractivity contribution in [3.63, 3.8) is 0 Å². The summed E-state index contributed by atoms with van der Waals surface area (Å²) in [6.45, 7) is 2.96. The van der Waals surface area contributed by atoms with Crippen molar-refractivity contribution in [1.82, 2.24) is 5.48 Å². The highest BCUT2D eigenvalue weighted by molar-refractivity contribution is 5.07. The molecule has 0 amide bonds. The van der Waals surface area contributed by atoms with Gasteiger partial charge in [-0.05, 0) is 82.0 Å². The summed E-state index contributed by atoms with van der Waals surface area (Å²) in [5.74, 6) is 2.56. The van der Waals surface area contributed by atoms with Crippen LogP contribution in [0.5, 0.6) is 0 Å². The molecular weight excluding hydrogens is 434 g/mol. The van der Waals surface area contributed by atoms with Gasteiger partial charge >= 0.3 is 0 Å². The molecule has 4 aliphatic carbocycles. The van der Waals surface area contributed by atoms with Crippen molar-refractivity contribution in [2.24, 2.45) is 33.9 Å². The number of hydrogen-bond acceptors (Lipinski definition) is 5. The predicted octanol–water partition coefficient (Wildman–Crippen LogP) is 7.32. The maximum Gasteiger partial charge on any atom is 0.0970 e. The van der Waals surface area contributed by atoms with E-state index in [9.17, 15) is 5.11 Å². The maximum absolute atomic E-state index is 10.9. The zero-order valence-electron chi connectivity index (χ0n) is 22.2. The molecule has 198 valence electrons. The van der Waals surface area contributed by atoms with Crippen LogP contribution in [-0.4, -0.2) is 35.9 Å². The molecule has 0 aromatic carbocycles. The Bertz CT molecular complexity index is 671. The molecule has 5 nitrogen and oxygen atoms in total. The molecule has 35 heavy (non-hydrogen) atoms. The molecule has 0 aliphatic heterocycles. The van der Waals surface area contributed by atoms with Crippen molar-refractivity contribution in [2.45, 2.75) is 134 Å². The van der Waals surface area contributed by atoms with Gasteiger partial charge in [0.2, 0.25) is 0 Å². The van der Waals surface area contributed by atoms with Gasteiger partial charge in [-0.2, -0.15) is 15.7 Å². The van der Waals surface area contributed by atoms with Crippen molar-refractivity contribution in [3.8, 4) is 0 Å². The summed E-state index contributed by atoms with van der Waals surface area (Å²) in [4.78, 5) is 5.82. The van der Waals surface area contributed by atoms with E-state index in [0.717, 1.165) is 43.9 Å². The third-order valence-corrected chi connectivity index (χ3v) is 9.16. The van der Waals surface area contributed by atoms with Gasteiger partial charge in [-0.25, -0.2) is 0 Å². The topological polar surface area (TPSA) is 66.2 Å². The molecule has 0 saturated heterocycles. The molecule has 4 aliphatic rings. The smallest absolute Gasteiger partial charge is 0.0970 e. The standard InChI is InChI=1S/C30H51N3O2/c1-23-14-16-24(17-15-23)8-5-6-9-25-18-20-27(21-19-25)31-32-29-13-7-10-26(30(29)34)22-35-33-28-11-3-2-4-12-28/h5-6,8-9,23-30,33-34H,2-4,7,10-22H2,1H3/b8-5+,9-6+,32-31?. The second kappa shape index (κ2) is 14.6. The Morgan fingerprint density at radius 3 is 2.09 bits per heavy atom. The van der Waals surface area contributed by atoms with E-state index >= 15 is 0 Å². The fourth-order valence-electron chi connectivity index (χ4n) is 6.56. The molecule has 4 fully saturated rings. The minimum absolute atomic E-state index is 0.0578. The summed E-state index contributed by atoms with van der Waals surface area (Å²) in [5.41, 5.74) is 3.25. The van der Waals surface area contributed by atoms with Crippen LogP contribution in [0.3, 0.4) is 0 Å². The highest BCUT2D eigenvalue weighted by Gasteiger charge is 2.33. The lowest BCUT2D eigenvalue weighted by Gasteiger charge is -2.33. The summed E-state index contributed by atoms with van der Waals surface area (Å²) in [6.07, 6.45) is 28.5. The second-order valence-corrected chi connectivity index (χ2v) is 12.1. The fraction of sp³-hybridized carbons (Fsp3) is 0.867. The summed E-state index contributed by atoms with van der Waals surface area (Å²) in [6, 6.07) is 0.760. The van der Waals surface area contributed by atoms with Crippen molar-refractivity contribution < 1.29 is 9.94 Å². The highest BCUT2D eigenvalue weighted by atomic mass is 16.6. The van der Waals surface area contributed by atoms with E-state index in [0.29, 0.717) is 24.6 Å². The van der Waals surface area contributed by atoms with Gasteiger partial charge in [-0.1, -0.05) is 69.8 Å². The van der Waals surface area contributed by atoms with E-state index < -0.39 is 6.10 Å². The van der Waals surface area contributed by atoms with Crippen molar-refractivity contribution in [3.05, 3.63) is 24.3 Å². The minimum Gasteiger partial charge on any atom is -0.390 e. The fourth-order valence-corrected chi connectivity index (χ4v) is 6.56. The van der Waals surface area contributed by atoms with Gasteiger partial charge in [0.15, 0.2) is 0 Å². The van der Waals surface area contributed by atoms with Gasteiger partial charge in [0.05, 0.1) is 24.8 Å². The number of aliphatic hydroxyl groups excluding tert-OH is 1. The molecule has 0 spiro atoms. The molecule has 0 aromatic heterocycles. The normalized spacial score (nSPS) is 38.1. The molecule has 4 saturated carbocycles. The first-order chi connectivity index (χ1) is 17.2. The van der Waals surface area contributed by atoms with E-state index in [-0.39, 0.29) is 12.0 Å². The van der Waals surface area contributed by atoms with Crippen LogP contribution >= 0.6 is 0 Å². The van der Waals surface area contributed by atoms with Gasteiger partial charge in [0.25, 0.3) is 0 Å². The summed E-state index contributed by atoms with van der Waals surface area (Å²) in [7, 11) is 0. The predicted molar refractivity (Wildman–Crippen MR) is 143 cm³/mol. The molecule has 0 bridgehead atoms. The van der Waals surface area contributed by atoms with E-state index in [4.69, 9.17) is 9.95 Å². The number of aliphatic hydroxyl groups is 1. The minimum atomic E-state index is -0.431. The second-order valence-electron chi connectivity index (χ2n) is 12.1. The van der Waals surface area contributed by atoms with E-state index in [1.807, 2.05) is 0 Å². The third kappa shape index (κ3) is 9.09. The largest absolute Gasteiger partial charge is 0.390 e. The van der Waals surface area contributed by atoms with Crippen LogP contribution in [0.4, 0.5) is 0 Å². The number of nitrogens with one attached hydrogen (secondary N) is 1. The Balaban J connectivity index is 1.12. The maximum atomic E-state index is 10.9. The molecule has 2 N–H and O–H groups in total. The lowest BCUT2D eigenvalue weighted by molar-refractivity contribution is -0.0563. The Labute approximate surface area is 214 Å². The number of hydroxylamine groups is 1. The summed E-state index contributed by atoms with van der Waals surface area (Å²) in [5, 5.41) is 20.3. The van der Waals surface area contributed by atoms with E-state index in [2.05, 4.69) is 41.8 Å². The first-order valence-corrected chi connectivity index (χ1v) is 15.0. The Morgan fingerprint density at radius 2 is 1.40 bits per heavy atom. The first kappa shape index (κ1) is 27.0. The van der Waals surface area contributed by atoms with Crippen molar-refractivity contribution in [1.29, 1.82) is 0 Å². The first-order valence-electron chi connectivity index (χ1n) is 15.0. The zero-order chi connectivity index (χ0) is 24.3. The monoisotopic (exact) mass is 485 g/mol. The highest BCUT2D eigenvalue weighted by Crippen LogP contribution is 2.31. The zero-order valence-corrected chi connectivity index (χ0v) is 22.2. The molecule has 4 rings (SSSR count). The molecule has 0 aromatic rings. The van der Waals surface area contributed by atoms with Gasteiger partial charge in [0, 0.05) is 12.0 Å². The van der Waals surface area contributed by atoms with Crippen LogP contribution in [0.2, 0.25) is 0 Å². The van der Waals surface area contributed by atoms with E-state index in [1.165, 1.54) is 70.6 Å². The van der Waals surface area contributed by atoms with Gasteiger partial charge in [0.1, 0.15) is 0 Å². The molecular formula is C30H51N3O2. The Kier molecular flexibility index (Phi) is 11.3. The van der Waals surface area contributed by atoms with Crippen molar-refractivity contribution >= 4 is 0 Å². The molecule has 0 radical (unpaired) electrons. The molecule has 3 atom stereocenters. The van der Waals surface area contributed by atoms with Crippen LogP contribution in [-0.2, 0) is 4.84 Å². The van der Waals surface area contributed by atoms with Crippen LogP contribution < -0.4 is 5.48 Å². The quantitative estimate of drug-likeness (QED) is 0.204. The number of azo groups is 1. The Hall–Kier alpha value is -1.04. The molecule has 3 unspecified atom stereocenters.